The molecule has 6 heterocycles. The average Bonchev–Trinajstić information content (AvgIpc) is 3.72. The molecule has 4 aliphatic rings. The lowest BCUT2D eigenvalue weighted by Gasteiger charge is -2.35. The number of hydrogen-bond donors (Lipinski definition) is 2. The van der Waals surface area contributed by atoms with E-state index in [1.54, 1.807) is 0 Å². The van der Waals surface area contributed by atoms with Gasteiger partial charge in [0.05, 0.1) is 26.8 Å². The van der Waals surface area contributed by atoms with Crippen LogP contribution in [0, 0.1) is 5.82 Å². The lowest BCUT2D eigenvalue weighted by atomic mass is 9.95. The fraction of sp³-hybridized carbons (Fsp3) is 0.500. The van der Waals surface area contributed by atoms with E-state index in [0.29, 0.717) is 31.9 Å². The molecule has 3 N–H and O–H groups in total. The van der Waals surface area contributed by atoms with Gasteiger partial charge in [-0.1, -0.05) is 11.3 Å². The number of nitrogens with two attached hydrogens (primary N) is 1. The molecule has 14 heteroatoms. The molecular weight excluding hydrogens is 601 g/mol. The predicted molar refractivity (Wildman–Crippen MR) is 158 cm³/mol. The Morgan fingerprint density at radius 1 is 1.07 bits per heavy atom. The first-order chi connectivity index (χ1) is 21.1. The number of nitrogens with zero attached hydrogens (tertiary/aromatic N) is 5. The molecule has 2 aromatic heterocycles. The summed E-state index contributed by atoms with van der Waals surface area (Å²) in [7, 11) is 0. The van der Waals surface area contributed by atoms with Crippen LogP contribution in [-0.2, 0) is 6.18 Å². The zero-order chi connectivity index (χ0) is 30.4. The van der Waals surface area contributed by atoms with E-state index in [1.165, 1.54) is 12.1 Å². The molecule has 2 aromatic carbocycles. The second-order valence-corrected chi connectivity index (χ2v) is 13.5. The minimum atomic E-state index is -4.74. The summed E-state index contributed by atoms with van der Waals surface area (Å²) in [6, 6.07) is 5.32. The highest BCUT2D eigenvalue weighted by atomic mass is 32.1. The van der Waals surface area contributed by atoms with Crippen molar-refractivity contribution in [2.75, 3.05) is 43.4 Å². The lowest BCUT2D eigenvalue weighted by molar-refractivity contribution is -0.137. The molecule has 44 heavy (non-hydrogen) atoms. The molecule has 0 amide bonds. The van der Waals surface area contributed by atoms with Crippen LogP contribution in [0.25, 0.3) is 32.2 Å². The highest BCUT2D eigenvalue weighted by molar-refractivity contribution is 7.22. The maximum Gasteiger partial charge on any atom is 0.417 e. The van der Waals surface area contributed by atoms with E-state index >= 15 is 0 Å². The van der Waals surface area contributed by atoms with Crippen molar-refractivity contribution in [2.24, 2.45) is 0 Å². The Morgan fingerprint density at radius 2 is 1.86 bits per heavy atom. The Balaban J connectivity index is 1.29. The summed E-state index contributed by atoms with van der Waals surface area (Å²) < 4.78 is 79.6. The number of ether oxygens (including phenoxy) is 1. The zero-order valence-electron chi connectivity index (χ0n) is 23.6. The van der Waals surface area contributed by atoms with E-state index in [9.17, 15) is 22.0 Å². The van der Waals surface area contributed by atoms with Gasteiger partial charge in [-0.3, -0.25) is 4.90 Å². The Bertz CT molecular complexity index is 1770. The van der Waals surface area contributed by atoms with Crippen LogP contribution < -0.4 is 20.7 Å². The van der Waals surface area contributed by atoms with Gasteiger partial charge in [-0.15, -0.1) is 0 Å². The highest BCUT2D eigenvalue weighted by Crippen LogP contribution is 2.45. The molecule has 232 valence electrons. The molecule has 4 atom stereocenters. The van der Waals surface area contributed by atoms with Gasteiger partial charge in [0.15, 0.2) is 5.13 Å². The van der Waals surface area contributed by atoms with Gasteiger partial charge >= 0.3 is 12.2 Å². The van der Waals surface area contributed by atoms with E-state index in [0.717, 1.165) is 55.7 Å². The summed E-state index contributed by atoms with van der Waals surface area (Å²) in [5, 5.41) is 3.85. The molecule has 0 radical (unpaired) electrons. The van der Waals surface area contributed by atoms with E-state index < -0.39 is 29.3 Å². The van der Waals surface area contributed by atoms with E-state index in [1.807, 2.05) is 4.90 Å². The van der Waals surface area contributed by atoms with E-state index in [-0.39, 0.29) is 62.1 Å². The van der Waals surface area contributed by atoms with Crippen LogP contribution in [0.1, 0.15) is 37.7 Å². The molecule has 4 aromatic rings. The third-order valence-corrected chi connectivity index (χ3v) is 10.5. The maximum absolute atomic E-state index is 14.7. The van der Waals surface area contributed by atoms with Crippen molar-refractivity contribution in [3.05, 3.63) is 35.6 Å². The summed E-state index contributed by atoms with van der Waals surface area (Å²) in [6.45, 7) is 2.53. The van der Waals surface area contributed by atoms with Crippen LogP contribution in [-0.4, -0.2) is 76.4 Å². The van der Waals surface area contributed by atoms with Gasteiger partial charge in [0.1, 0.15) is 24.4 Å². The number of nitrogens with one attached hydrogen (secondary N) is 1. The topological polar surface area (TPSA) is 92.4 Å². The van der Waals surface area contributed by atoms with Crippen molar-refractivity contribution in [1.29, 1.82) is 0 Å². The molecule has 0 saturated carbocycles. The van der Waals surface area contributed by atoms with Gasteiger partial charge in [-0.2, -0.15) is 23.1 Å². The molecule has 8 rings (SSSR count). The Kier molecular flexibility index (Phi) is 6.44. The predicted octanol–water partition coefficient (Wildman–Crippen LogP) is 5.54. The second-order valence-electron chi connectivity index (χ2n) is 12.5. The van der Waals surface area contributed by atoms with Gasteiger partial charge in [0, 0.05) is 49.1 Å². The average molecular weight is 632 g/mol. The number of alkyl halides is 4. The summed E-state index contributed by atoms with van der Waals surface area (Å²) in [5.74, 6) is -0.234. The first-order valence-electron chi connectivity index (χ1n) is 14.9. The van der Waals surface area contributed by atoms with Gasteiger partial charge in [0.2, 0.25) is 0 Å². The van der Waals surface area contributed by atoms with E-state index in [2.05, 4.69) is 20.2 Å². The first kappa shape index (κ1) is 28.1. The van der Waals surface area contributed by atoms with Crippen LogP contribution in [0.4, 0.5) is 32.9 Å². The SMILES string of the molecule is Nc1nc2c(-c3cc4nc(OC[C@@]56CCCN5C[C@H](F)C6)nc(N5CC6CCC(C5)N6)c4cc3C(F)(F)F)ccc(F)c2s1. The quantitative estimate of drug-likeness (QED) is 0.278. The highest BCUT2D eigenvalue weighted by Gasteiger charge is 2.49. The Labute approximate surface area is 253 Å². The van der Waals surface area contributed by atoms with Crippen LogP contribution in [0.2, 0.25) is 0 Å². The summed E-state index contributed by atoms with van der Waals surface area (Å²) in [6.07, 6.45) is -1.61. The number of piperazine rings is 1. The number of fused-ring (bicyclic) bond motifs is 5. The summed E-state index contributed by atoms with van der Waals surface area (Å²) >= 11 is 0.882. The van der Waals surface area contributed by atoms with Gasteiger partial charge < -0.3 is 20.7 Å². The third kappa shape index (κ3) is 4.64. The minimum Gasteiger partial charge on any atom is -0.461 e. The molecule has 2 bridgehead atoms. The van der Waals surface area contributed by atoms with E-state index in [4.69, 9.17) is 15.5 Å². The van der Waals surface area contributed by atoms with Crippen molar-refractivity contribution < 1.29 is 26.7 Å². The van der Waals surface area contributed by atoms with Crippen LogP contribution >= 0.6 is 11.3 Å². The van der Waals surface area contributed by atoms with Crippen LogP contribution in [0.15, 0.2) is 24.3 Å². The Morgan fingerprint density at radius 3 is 2.64 bits per heavy atom. The number of benzene rings is 2. The molecule has 2 unspecified atom stereocenters. The molecule has 0 spiro atoms. The number of aromatic nitrogens is 3. The number of nitrogen functional groups attached to an aromatic ring is 1. The minimum absolute atomic E-state index is 0.0368. The second kappa shape index (κ2) is 10.1. The number of thiazole rings is 1. The number of halogens is 5. The van der Waals surface area contributed by atoms with Crippen molar-refractivity contribution in [1.82, 2.24) is 25.2 Å². The van der Waals surface area contributed by atoms with Crippen molar-refractivity contribution in [2.45, 2.75) is 62.1 Å². The maximum atomic E-state index is 14.7. The zero-order valence-corrected chi connectivity index (χ0v) is 24.4. The van der Waals surface area contributed by atoms with Crippen molar-refractivity contribution in [3.63, 3.8) is 0 Å². The van der Waals surface area contributed by atoms with Crippen molar-refractivity contribution in [3.8, 4) is 17.1 Å². The van der Waals surface area contributed by atoms with Crippen LogP contribution in [0.3, 0.4) is 0 Å². The monoisotopic (exact) mass is 631 g/mol. The lowest BCUT2D eigenvalue weighted by Crippen LogP contribution is -2.51. The number of rotatable bonds is 5. The molecule has 0 aliphatic carbocycles. The molecule has 4 fully saturated rings. The van der Waals surface area contributed by atoms with Crippen LogP contribution in [0.5, 0.6) is 6.01 Å². The standard InChI is InChI=1S/C30H30F5N7OS/c31-15-10-29(6-1-7-42(29)11-15)14-43-28-38-23-9-19(18-4-5-22(32)25-24(18)39-27(36)44-25)21(30(33,34)35)8-20(23)26(40-28)41-12-16-2-3-17(13-41)37-16/h4-5,8-9,15-17,37H,1-3,6-7,10-14H2,(H2,36,39)/t15-,16?,17?,29+/m1/s1. The normalized spacial score (nSPS) is 27.1. The summed E-state index contributed by atoms with van der Waals surface area (Å²) in [5.41, 5.74) is 4.74. The summed E-state index contributed by atoms with van der Waals surface area (Å²) in [4.78, 5) is 17.6. The molecule has 4 aliphatic heterocycles. The van der Waals surface area contributed by atoms with Gasteiger partial charge in [0.25, 0.3) is 0 Å². The fourth-order valence-corrected chi connectivity index (χ4v) is 8.49. The number of hydrogen-bond acceptors (Lipinski definition) is 9. The van der Waals surface area contributed by atoms with Crippen molar-refractivity contribution >= 4 is 43.4 Å². The Hall–Kier alpha value is -3.36. The smallest absolute Gasteiger partial charge is 0.417 e. The molecule has 4 saturated heterocycles. The molecular formula is C30H30F5N7OS. The third-order valence-electron chi connectivity index (χ3n) is 9.65. The first-order valence-corrected chi connectivity index (χ1v) is 15.7. The molecule has 8 nitrogen and oxygen atoms in total. The van der Waals surface area contributed by atoms with Gasteiger partial charge in [-0.25, -0.2) is 13.8 Å². The fourth-order valence-electron chi connectivity index (χ4n) is 7.73. The largest absolute Gasteiger partial charge is 0.461 e. The van der Waals surface area contributed by atoms with Gasteiger partial charge in [-0.05, 0) is 62.1 Å². The number of anilines is 2.